The predicted molar refractivity (Wildman–Crippen MR) is 70.1 cm³/mol. The van der Waals surface area contributed by atoms with Crippen molar-refractivity contribution in [3.05, 3.63) is 55.9 Å². The average Bonchev–Trinajstić information content (AvgIpc) is 2.33. The summed E-state index contributed by atoms with van der Waals surface area (Å²) >= 11 is 8.79. The monoisotopic (exact) mass is 346 g/mol. The van der Waals surface area contributed by atoms with E-state index in [2.05, 4.69) is 20.9 Å². The Kier molecular flexibility index (Phi) is 3.96. The number of nitro groups is 1. The molecule has 5 nitrogen and oxygen atoms in total. The third-order valence-electron chi connectivity index (χ3n) is 2.07. The van der Waals surface area contributed by atoms with Crippen LogP contribution in [0.4, 0.5) is 10.1 Å². The zero-order chi connectivity index (χ0) is 14.0. The normalized spacial score (nSPS) is 10.3. The zero-order valence-corrected chi connectivity index (χ0v) is 11.5. The number of hydrogen-bond acceptors (Lipinski definition) is 4. The van der Waals surface area contributed by atoms with Crippen molar-refractivity contribution in [1.82, 2.24) is 4.98 Å². The van der Waals surface area contributed by atoms with Crippen LogP contribution in [0.5, 0.6) is 11.6 Å². The van der Waals surface area contributed by atoms with Crippen LogP contribution in [0.2, 0.25) is 5.15 Å². The summed E-state index contributed by atoms with van der Waals surface area (Å²) in [6.07, 6.45) is 0. The van der Waals surface area contributed by atoms with Crippen molar-refractivity contribution in [3.63, 3.8) is 0 Å². The highest BCUT2D eigenvalue weighted by atomic mass is 79.9. The summed E-state index contributed by atoms with van der Waals surface area (Å²) in [7, 11) is 0. The molecule has 0 aliphatic rings. The van der Waals surface area contributed by atoms with Crippen LogP contribution in [0.3, 0.4) is 0 Å². The van der Waals surface area contributed by atoms with E-state index < -0.39 is 10.7 Å². The summed E-state index contributed by atoms with van der Waals surface area (Å²) in [6.45, 7) is 0. The average molecular weight is 348 g/mol. The lowest BCUT2D eigenvalue weighted by molar-refractivity contribution is -0.385. The SMILES string of the molecule is O=[N+]([O-])c1cc(Cl)nc(Oc2cc(Br)ccc2F)c1. The molecule has 1 aromatic heterocycles. The second-order valence-electron chi connectivity index (χ2n) is 3.42. The Bertz CT molecular complexity index is 654. The fraction of sp³-hybridized carbons (Fsp3) is 0. The van der Waals surface area contributed by atoms with E-state index in [9.17, 15) is 14.5 Å². The molecule has 8 heteroatoms. The molecule has 0 N–H and O–H groups in total. The van der Waals surface area contributed by atoms with Crippen LogP contribution in [-0.4, -0.2) is 9.91 Å². The number of hydrogen-bond donors (Lipinski definition) is 0. The van der Waals surface area contributed by atoms with E-state index in [4.69, 9.17) is 16.3 Å². The van der Waals surface area contributed by atoms with Gasteiger partial charge in [0.1, 0.15) is 5.15 Å². The molecule has 0 aliphatic carbocycles. The van der Waals surface area contributed by atoms with Gasteiger partial charge in [-0.15, -0.1) is 0 Å². The summed E-state index contributed by atoms with van der Waals surface area (Å²) < 4.78 is 19.2. The van der Waals surface area contributed by atoms with E-state index in [1.807, 2.05) is 0 Å². The van der Waals surface area contributed by atoms with E-state index in [0.717, 1.165) is 12.1 Å². The van der Waals surface area contributed by atoms with Gasteiger partial charge in [0.25, 0.3) is 5.69 Å². The Balaban J connectivity index is 2.38. The fourth-order valence-corrected chi connectivity index (χ4v) is 1.82. The number of aromatic nitrogens is 1. The minimum Gasteiger partial charge on any atom is -0.436 e. The lowest BCUT2D eigenvalue weighted by atomic mass is 10.3. The minimum atomic E-state index is -0.641. The van der Waals surface area contributed by atoms with Crippen molar-refractivity contribution in [3.8, 4) is 11.6 Å². The Morgan fingerprint density at radius 2 is 2.11 bits per heavy atom. The van der Waals surface area contributed by atoms with Gasteiger partial charge in [-0.25, -0.2) is 9.37 Å². The van der Waals surface area contributed by atoms with Crippen LogP contribution in [0.25, 0.3) is 0 Å². The van der Waals surface area contributed by atoms with Gasteiger partial charge in [0.2, 0.25) is 5.88 Å². The molecule has 0 bridgehead atoms. The number of benzene rings is 1. The second-order valence-corrected chi connectivity index (χ2v) is 4.72. The lowest BCUT2D eigenvalue weighted by Gasteiger charge is -2.06. The Morgan fingerprint density at radius 1 is 1.37 bits per heavy atom. The van der Waals surface area contributed by atoms with Gasteiger partial charge in [0, 0.05) is 4.47 Å². The van der Waals surface area contributed by atoms with Gasteiger partial charge < -0.3 is 4.74 Å². The number of halogens is 3. The van der Waals surface area contributed by atoms with Gasteiger partial charge in [-0.3, -0.25) is 10.1 Å². The smallest absolute Gasteiger partial charge is 0.277 e. The largest absolute Gasteiger partial charge is 0.436 e. The molecule has 0 unspecified atom stereocenters. The first-order valence-corrected chi connectivity index (χ1v) is 6.07. The molecule has 0 atom stereocenters. The maximum atomic E-state index is 13.5. The maximum Gasteiger partial charge on any atom is 0.277 e. The summed E-state index contributed by atoms with van der Waals surface area (Å²) in [5.41, 5.74) is -0.287. The third kappa shape index (κ3) is 3.39. The minimum absolute atomic E-state index is 0.111. The van der Waals surface area contributed by atoms with Crippen LogP contribution in [0, 0.1) is 15.9 Å². The van der Waals surface area contributed by atoms with Crippen LogP contribution in [0.15, 0.2) is 34.8 Å². The number of rotatable bonds is 3. The van der Waals surface area contributed by atoms with Crippen LogP contribution in [0.1, 0.15) is 0 Å². The van der Waals surface area contributed by atoms with Crippen molar-refractivity contribution in [2.45, 2.75) is 0 Å². The first kappa shape index (κ1) is 13.7. The molecule has 0 amide bonds. The third-order valence-corrected chi connectivity index (χ3v) is 2.76. The van der Waals surface area contributed by atoms with Gasteiger partial charge in [-0.05, 0) is 18.2 Å². The van der Waals surface area contributed by atoms with E-state index >= 15 is 0 Å². The van der Waals surface area contributed by atoms with Gasteiger partial charge in [0.05, 0.1) is 17.1 Å². The zero-order valence-electron chi connectivity index (χ0n) is 9.14. The van der Waals surface area contributed by atoms with Crippen molar-refractivity contribution in [2.24, 2.45) is 0 Å². The van der Waals surface area contributed by atoms with E-state index in [1.165, 1.54) is 18.2 Å². The van der Waals surface area contributed by atoms with Crippen molar-refractivity contribution in [1.29, 1.82) is 0 Å². The molecule has 0 aliphatic heterocycles. The molecule has 1 aromatic carbocycles. The highest BCUT2D eigenvalue weighted by Crippen LogP contribution is 2.29. The molecular formula is C11H5BrClFN2O3. The highest BCUT2D eigenvalue weighted by Gasteiger charge is 2.13. The van der Waals surface area contributed by atoms with Gasteiger partial charge in [0.15, 0.2) is 11.6 Å². The van der Waals surface area contributed by atoms with Crippen molar-refractivity contribution < 1.29 is 14.1 Å². The summed E-state index contributed by atoms with van der Waals surface area (Å²) in [4.78, 5) is 13.8. The van der Waals surface area contributed by atoms with Crippen LogP contribution in [-0.2, 0) is 0 Å². The van der Waals surface area contributed by atoms with Crippen LogP contribution >= 0.6 is 27.5 Å². The van der Waals surface area contributed by atoms with Crippen molar-refractivity contribution in [2.75, 3.05) is 0 Å². The van der Waals surface area contributed by atoms with Gasteiger partial charge in [-0.2, -0.15) is 0 Å². The maximum absolute atomic E-state index is 13.5. The molecule has 2 rings (SSSR count). The quantitative estimate of drug-likeness (QED) is 0.471. The fourth-order valence-electron chi connectivity index (χ4n) is 1.29. The standard InChI is InChI=1S/C11H5BrClFN2O3/c12-6-1-2-8(14)9(3-6)19-11-5-7(16(17)18)4-10(13)15-11/h1-5H. The molecule has 2 aromatic rings. The predicted octanol–water partition coefficient (Wildman–Crippen LogP) is 4.34. The molecule has 0 saturated carbocycles. The topological polar surface area (TPSA) is 65.3 Å². The Labute approximate surface area is 120 Å². The Hall–Kier alpha value is -1.73. The molecule has 19 heavy (non-hydrogen) atoms. The van der Waals surface area contributed by atoms with E-state index in [-0.39, 0.29) is 22.5 Å². The molecule has 98 valence electrons. The number of nitrogens with zero attached hydrogens (tertiary/aromatic N) is 2. The summed E-state index contributed by atoms with van der Waals surface area (Å²) in [5.74, 6) is -0.887. The van der Waals surface area contributed by atoms with Crippen LogP contribution < -0.4 is 4.74 Å². The summed E-state index contributed by atoms with van der Waals surface area (Å²) in [6, 6.07) is 6.20. The molecule has 0 saturated heterocycles. The lowest BCUT2D eigenvalue weighted by Crippen LogP contribution is -1.94. The molecule has 0 fully saturated rings. The van der Waals surface area contributed by atoms with E-state index in [0.29, 0.717) is 4.47 Å². The molecule has 1 heterocycles. The number of pyridine rings is 1. The highest BCUT2D eigenvalue weighted by molar-refractivity contribution is 9.10. The number of ether oxygens (including phenoxy) is 1. The Morgan fingerprint density at radius 3 is 2.79 bits per heavy atom. The molecule has 0 spiro atoms. The molecular weight excluding hydrogens is 342 g/mol. The van der Waals surface area contributed by atoms with Gasteiger partial charge >= 0.3 is 0 Å². The summed E-state index contributed by atoms with van der Waals surface area (Å²) in [5, 5.41) is 10.5. The second kappa shape index (κ2) is 5.50. The first-order chi connectivity index (χ1) is 8.95. The molecule has 0 radical (unpaired) electrons. The van der Waals surface area contributed by atoms with Gasteiger partial charge in [-0.1, -0.05) is 27.5 Å². The van der Waals surface area contributed by atoms with E-state index in [1.54, 1.807) is 0 Å². The first-order valence-electron chi connectivity index (χ1n) is 4.90. The van der Waals surface area contributed by atoms with Crippen molar-refractivity contribution >= 4 is 33.2 Å².